The lowest BCUT2D eigenvalue weighted by atomic mass is 10.2. The van der Waals surface area contributed by atoms with Crippen LogP contribution in [0.4, 0.5) is 0 Å². The van der Waals surface area contributed by atoms with E-state index in [0.29, 0.717) is 0 Å². The molecule has 0 atom stereocenters. The maximum absolute atomic E-state index is 10.8. The van der Waals surface area contributed by atoms with Crippen molar-refractivity contribution >= 4 is 16.9 Å². The largest absolute Gasteiger partial charge is 0.356 e. The fourth-order valence-corrected chi connectivity index (χ4v) is 2.73. The van der Waals surface area contributed by atoms with Crippen LogP contribution in [0.15, 0.2) is 24.3 Å². The van der Waals surface area contributed by atoms with Gasteiger partial charge in [0.25, 0.3) is 0 Å². The van der Waals surface area contributed by atoms with Crippen LogP contribution in [0.3, 0.4) is 0 Å². The van der Waals surface area contributed by atoms with Crippen LogP contribution in [0.1, 0.15) is 51.8 Å². The first-order valence-electron chi connectivity index (χ1n) is 8.41. The Labute approximate surface area is 132 Å². The highest BCUT2D eigenvalue weighted by Gasteiger charge is 2.09. The van der Waals surface area contributed by atoms with Crippen LogP contribution in [-0.2, 0) is 17.8 Å². The molecule has 0 aliphatic rings. The molecule has 4 heteroatoms. The molecule has 1 N–H and O–H groups in total. The smallest absolute Gasteiger partial charge is 0.216 e. The van der Waals surface area contributed by atoms with Gasteiger partial charge in [-0.15, -0.1) is 0 Å². The summed E-state index contributed by atoms with van der Waals surface area (Å²) in [6.07, 6.45) is 6.68. The number of hydrogen-bond donors (Lipinski definition) is 1. The van der Waals surface area contributed by atoms with E-state index >= 15 is 0 Å². The monoisotopic (exact) mass is 301 g/mol. The average Bonchev–Trinajstić information content (AvgIpc) is 2.86. The van der Waals surface area contributed by atoms with Gasteiger partial charge in [-0.3, -0.25) is 4.79 Å². The highest BCUT2D eigenvalue weighted by Crippen LogP contribution is 2.18. The number of carbonyl (C=O) groups is 1. The standard InChI is InChI=1S/C18H27N3O/c1-3-4-14-21-17-11-8-7-10-16(17)20-18(21)12-6-5-9-13-19-15(2)22/h7-8,10-11H,3-6,9,12-14H2,1-2H3,(H,19,22). The van der Waals surface area contributed by atoms with Crippen molar-refractivity contribution in [2.24, 2.45) is 0 Å². The number of aromatic nitrogens is 2. The molecule has 1 amide bonds. The van der Waals surface area contributed by atoms with E-state index in [1.807, 2.05) is 0 Å². The Morgan fingerprint density at radius 1 is 1.18 bits per heavy atom. The molecule has 0 bridgehead atoms. The predicted octanol–water partition coefficient (Wildman–Crippen LogP) is 3.69. The van der Waals surface area contributed by atoms with E-state index in [4.69, 9.17) is 4.98 Å². The highest BCUT2D eigenvalue weighted by atomic mass is 16.1. The van der Waals surface area contributed by atoms with E-state index in [-0.39, 0.29) is 5.91 Å². The van der Waals surface area contributed by atoms with Gasteiger partial charge in [0, 0.05) is 26.4 Å². The third-order valence-electron chi connectivity index (χ3n) is 3.92. The van der Waals surface area contributed by atoms with Crippen molar-refractivity contribution in [3.8, 4) is 0 Å². The molecule has 0 aliphatic heterocycles. The van der Waals surface area contributed by atoms with Crippen molar-refractivity contribution in [1.82, 2.24) is 14.9 Å². The zero-order valence-corrected chi connectivity index (χ0v) is 13.8. The van der Waals surface area contributed by atoms with Crippen LogP contribution in [0.5, 0.6) is 0 Å². The lowest BCUT2D eigenvalue weighted by Crippen LogP contribution is -2.20. The normalized spacial score (nSPS) is 11.0. The number of aryl methyl sites for hydroxylation is 2. The van der Waals surface area contributed by atoms with Gasteiger partial charge in [0.15, 0.2) is 0 Å². The summed E-state index contributed by atoms with van der Waals surface area (Å²) in [7, 11) is 0. The van der Waals surface area contributed by atoms with E-state index in [9.17, 15) is 4.79 Å². The molecule has 120 valence electrons. The summed E-state index contributed by atoms with van der Waals surface area (Å²) in [6.45, 7) is 5.62. The summed E-state index contributed by atoms with van der Waals surface area (Å²) < 4.78 is 2.38. The number of nitrogens with one attached hydrogen (secondary N) is 1. The number of imidazole rings is 1. The molecule has 4 nitrogen and oxygen atoms in total. The van der Waals surface area contributed by atoms with Gasteiger partial charge < -0.3 is 9.88 Å². The number of fused-ring (bicyclic) bond motifs is 1. The van der Waals surface area contributed by atoms with Crippen LogP contribution in [0.2, 0.25) is 0 Å². The van der Waals surface area contributed by atoms with E-state index in [1.165, 1.54) is 24.2 Å². The van der Waals surface area contributed by atoms with Crippen molar-refractivity contribution in [1.29, 1.82) is 0 Å². The summed E-state index contributed by atoms with van der Waals surface area (Å²) >= 11 is 0. The first-order chi connectivity index (χ1) is 10.7. The summed E-state index contributed by atoms with van der Waals surface area (Å²) in [5.41, 5.74) is 2.36. The molecular weight excluding hydrogens is 274 g/mol. The molecule has 2 rings (SSSR count). The van der Waals surface area contributed by atoms with E-state index in [1.54, 1.807) is 6.92 Å². The number of benzene rings is 1. The van der Waals surface area contributed by atoms with Crippen LogP contribution < -0.4 is 5.32 Å². The molecule has 0 unspecified atom stereocenters. The molecule has 2 aromatic rings. The Hall–Kier alpha value is -1.84. The number of hydrogen-bond acceptors (Lipinski definition) is 2. The van der Waals surface area contributed by atoms with Crippen molar-refractivity contribution < 1.29 is 4.79 Å². The van der Waals surface area contributed by atoms with Gasteiger partial charge in [-0.2, -0.15) is 0 Å². The van der Waals surface area contributed by atoms with E-state index < -0.39 is 0 Å². The number of carbonyl (C=O) groups excluding carboxylic acids is 1. The molecule has 0 fully saturated rings. The Morgan fingerprint density at radius 2 is 2.00 bits per heavy atom. The first kappa shape index (κ1) is 16.5. The molecule has 0 saturated heterocycles. The first-order valence-corrected chi connectivity index (χ1v) is 8.41. The Balaban J connectivity index is 1.93. The van der Waals surface area contributed by atoms with Crippen LogP contribution in [0, 0.1) is 0 Å². The second-order valence-corrected chi connectivity index (χ2v) is 5.82. The van der Waals surface area contributed by atoms with Crippen LogP contribution >= 0.6 is 0 Å². The quantitative estimate of drug-likeness (QED) is 0.718. The van der Waals surface area contributed by atoms with Crippen LogP contribution in [0.25, 0.3) is 11.0 Å². The maximum atomic E-state index is 10.8. The second kappa shape index (κ2) is 8.57. The minimum absolute atomic E-state index is 0.0568. The highest BCUT2D eigenvalue weighted by molar-refractivity contribution is 5.75. The summed E-state index contributed by atoms with van der Waals surface area (Å²) in [4.78, 5) is 15.6. The Kier molecular flexibility index (Phi) is 6.44. The Bertz CT molecular complexity index is 603. The third kappa shape index (κ3) is 4.58. The van der Waals surface area contributed by atoms with E-state index in [2.05, 4.69) is 41.1 Å². The average molecular weight is 301 g/mol. The summed E-state index contributed by atoms with van der Waals surface area (Å²) in [6, 6.07) is 8.40. The van der Waals surface area contributed by atoms with Gasteiger partial charge in [-0.25, -0.2) is 4.98 Å². The lowest BCUT2D eigenvalue weighted by Gasteiger charge is -2.08. The number of rotatable bonds is 9. The van der Waals surface area contributed by atoms with Gasteiger partial charge >= 0.3 is 0 Å². The van der Waals surface area contributed by atoms with Crippen molar-refractivity contribution in [3.63, 3.8) is 0 Å². The minimum Gasteiger partial charge on any atom is -0.356 e. The van der Waals surface area contributed by atoms with Gasteiger partial charge in [0.1, 0.15) is 5.82 Å². The SMILES string of the molecule is CCCCn1c(CCCCCNC(C)=O)nc2ccccc21. The zero-order chi connectivity index (χ0) is 15.8. The Morgan fingerprint density at radius 3 is 2.77 bits per heavy atom. The molecular formula is C18H27N3O. The molecule has 0 saturated carbocycles. The molecule has 1 heterocycles. The number of nitrogens with zero attached hydrogens (tertiary/aromatic N) is 2. The van der Waals surface area contributed by atoms with Crippen molar-refractivity contribution in [3.05, 3.63) is 30.1 Å². The molecule has 0 radical (unpaired) electrons. The molecule has 0 spiro atoms. The van der Waals surface area contributed by atoms with Gasteiger partial charge in [0.2, 0.25) is 5.91 Å². The van der Waals surface area contributed by atoms with Gasteiger partial charge in [-0.05, 0) is 31.4 Å². The van der Waals surface area contributed by atoms with E-state index in [0.717, 1.165) is 44.3 Å². The number of para-hydroxylation sites is 2. The third-order valence-corrected chi connectivity index (χ3v) is 3.92. The molecule has 22 heavy (non-hydrogen) atoms. The van der Waals surface area contributed by atoms with Crippen molar-refractivity contribution in [2.45, 2.75) is 58.9 Å². The van der Waals surface area contributed by atoms with Gasteiger partial charge in [-0.1, -0.05) is 31.9 Å². The fourth-order valence-electron chi connectivity index (χ4n) is 2.73. The summed E-state index contributed by atoms with van der Waals surface area (Å²) in [5, 5.41) is 2.85. The van der Waals surface area contributed by atoms with Gasteiger partial charge in [0.05, 0.1) is 11.0 Å². The second-order valence-electron chi connectivity index (χ2n) is 5.82. The predicted molar refractivity (Wildman–Crippen MR) is 90.9 cm³/mol. The zero-order valence-electron chi connectivity index (χ0n) is 13.8. The van der Waals surface area contributed by atoms with Crippen molar-refractivity contribution in [2.75, 3.05) is 6.54 Å². The topological polar surface area (TPSA) is 46.9 Å². The van der Waals surface area contributed by atoms with Crippen LogP contribution in [-0.4, -0.2) is 22.0 Å². The lowest BCUT2D eigenvalue weighted by molar-refractivity contribution is -0.118. The minimum atomic E-state index is 0.0568. The number of amides is 1. The number of unbranched alkanes of at least 4 members (excludes halogenated alkanes) is 3. The molecule has 0 aliphatic carbocycles. The maximum Gasteiger partial charge on any atom is 0.216 e. The fraction of sp³-hybridized carbons (Fsp3) is 0.556. The summed E-state index contributed by atoms with van der Waals surface area (Å²) in [5.74, 6) is 1.26. The molecule has 1 aromatic carbocycles. The molecule has 1 aromatic heterocycles.